The molecule has 0 aliphatic heterocycles. The monoisotopic (exact) mass is 828 g/mol. The maximum atomic E-state index is 12.7. The Labute approximate surface area is 347 Å². The van der Waals surface area contributed by atoms with Gasteiger partial charge in [0.25, 0.3) is 7.82 Å². The summed E-state index contributed by atoms with van der Waals surface area (Å²) in [5.74, 6) is -1.12. The molecule has 0 aliphatic carbocycles. The van der Waals surface area contributed by atoms with Gasteiger partial charge < -0.3 is 38.1 Å². The highest BCUT2D eigenvalue weighted by atomic mass is 31.2. The van der Waals surface area contributed by atoms with E-state index in [2.05, 4.69) is 50.3 Å². The van der Waals surface area contributed by atoms with Crippen molar-refractivity contribution in [1.82, 2.24) is 0 Å². The molecule has 0 bridgehead atoms. The molecule has 2 N–H and O–H groups in total. The number of hydrogen-bond donors (Lipinski definition) is 2. The number of rotatable bonds is 39. The summed E-state index contributed by atoms with van der Waals surface area (Å²) in [4.78, 5) is 37.6. The van der Waals surface area contributed by atoms with Gasteiger partial charge in [-0.05, 0) is 51.4 Å². The first-order valence-corrected chi connectivity index (χ1v) is 23.5. The summed E-state index contributed by atoms with van der Waals surface area (Å²) >= 11 is 0. The molecule has 0 heterocycles. The molecule has 0 aromatic carbocycles. The molecule has 0 aromatic heterocycles. The van der Waals surface area contributed by atoms with Gasteiger partial charge in [0.05, 0.1) is 40.0 Å². The number of aliphatic hydroxyl groups is 2. The average molecular weight is 828 g/mol. The van der Waals surface area contributed by atoms with E-state index in [1.165, 1.54) is 64.2 Å². The topological polar surface area (TPSA) is 152 Å². The Kier molecular flexibility index (Phi) is 35.6. The lowest BCUT2D eigenvalue weighted by Gasteiger charge is -2.28. The van der Waals surface area contributed by atoms with Crippen LogP contribution in [0.15, 0.2) is 48.6 Å². The third-order valence-electron chi connectivity index (χ3n) is 9.31. The molecule has 332 valence electrons. The van der Waals surface area contributed by atoms with E-state index in [9.17, 15) is 29.3 Å². The van der Waals surface area contributed by atoms with Crippen molar-refractivity contribution in [2.45, 2.75) is 180 Å². The number of esters is 2. The van der Waals surface area contributed by atoms with Crippen molar-refractivity contribution in [3.8, 4) is 0 Å². The highest BCUT2D eigenvalue weighted by molar-refractivity contribution is 7.45. The number of quaternary nitrogens is 1. The summed E-state index contributed by atoms with van der Waals surface area (Å²) in [7, 11) is 1.01. The molecule has 0 aliphatic rings. The zero-order valence-electron chi connectivity index (χ0n) is 36.5. The summed E-state index contributed by atoms with van der Waals surface area (Å²) in [6.45, 7) is 3.77. The Morgan fingerprint density at radius 3 is 1.65 bits per heavy atom. The van der Waals surface area contributed by atoms with Crippen LogP contribution in [0, 0.1) is 0 Å². The number of phosphoric acid groups is 1. The van der Waals surface area contributed by atoms with Gasteiger partial charge in [-0.3, -0.25) is 14.2 Å². The van der Waals surface area contributed by atoms with E-state index in [1.807, 2.05) is 33.3 Å². The fourth-order valence-corrected chi connectivity index (χ4v) is 6.47. The average Bonchev–Trinajstić information content (AvgIpc) is 3.15. The van der Waals surface area contributed by atoms with Crippen molar-refractivity contribution in [2.24, 2.45) is 0 Å². The standard InChI is InChI=1S/C45H82NO10P/c1-6-8-10-12-14-16-18-20-21-23-25-27-29-31-35-45(50)56-41(40-55-57(51,52)54-38-37-46(3,4)5)39-53-44(49)36-32-34-43(48)42(47)33-30-28-26-24-22-19-17-15-13-11-9-7-2/h9,11,15,17,22,24,28,30,41-43,47-48H,6-8,10,12-14,16,18-21,23,25-27,29,31-40H2,1-5H3/b11-9-,17-15-,24-22-,30-28-/t41-,42+,43+/m1/s1. The number of unbranched alkanes of at least 4 members (excludes halogenated alkanes) is 13. The number of aliphatic hydroxyl groups excluding tert-OH is 2. The van der Waals surface area contributed by atoms with Gasteiger partial charge in [0.1, 0.15) is 19.8 Å². The van der Waals surface area contributed by atoms with Gasteiger partial charge in [0.2, 0.25) is 0 Å². The smallest absolute Gasteiger partial charge is 0.306 e. The maximum absolute atomic E-state index is 12.7. The van der Waals surface area contributed by atoms with Crippen LogP contribution in [0.2, 0.25) is 0 Å². The summed E-state index contributed by atoms with van der Waals surface area (Å²) in [6, 6.07) is 0. The molecule has 1 unspecified atom stereocenters. The van der Waals surface area contributed by atoms with Gasteiger partial charge in [0.15, 0.2) is 6.10 Å². The second-order valence-corrected chi connectivity index (χ2v) is 17.4. The number of allylic oxidation sites excluding steroid dienone is 7. The second kappa shape index (κ2) is 36.9. The third kappa shape index (κ3) is 39.1. The van der Waals surface area contributed by atoms with Crippen LogP contribution >= 0.6 is 7.82 Å². The summed E-state index contributed by atoms with van der Waals surface area (Å²) in [5.41, 5.74) is 0. The van der Waals surface area contributed by atoms with Gasteiger partial charge in [-0.25, -0.2) is 0 Å². The largest absolute Gasteiger partial charge is 0.756 e. The van der Waals surface area contributed by atoms with Crippen LogP contribution in [0.3, 0.4) is 0 Å². The first-order chi connectivity index (χ1) is 27.3. The van der Waals surface area contributed by atoms with Gasteiger partial charge in [-0.2, -0.15) is 0 Å². The predicted molar refractivity (Wildman–Crippen MR) is 229 cm³/mol. The SMILES string of the molecule is CC/C=C\C/C=C\C/C=C\C/C=C\C[C@H](O)[C@@H](O)CCCC(=O)OC[C@H](COP(=O)([O-])OCC[N+](C)(C)C)OC(=O)CCCCCCCCCCCCCCCC. The molecule has 4 atom stereocenters. The molecule has 0 saturated carbocycles. The van der Waals surface area contributed by atoms with E-state index < -0.39 is 44.7 Å². The minimum absolute atomic E-state index is 0.0392. The van der Waals surface area contributed by atoms with Gasteiger partial charge in [0, 0.05) is 12.8 Å². The minimum Gasteiger partial charge on any atom is -0.756 e. The Balaban J connectivity index is 4.60. The van der Waals surface area contributed by atoms with Crippen LogP contribution in [0.25, 0.3) is 0 Å². The highest BCUT2D eigenvalue weighted by Gasteiger charge is 2.22. The van der Waals surface area contributed by atoms with E-state index in [1.54, 1.807) is 0 Å². The number of hydrogen-bond acceptors (Lipinski definition) is 10. The van der Waals surface area contributed by atoms with Crippen molar-refractivity contribution >= 4 is 19.8 Å². The number of nitrogens with zero attached hydrogens (tertiary/aromatic N) is 1. The highest BCUT2D eigenvalue weighted by Crippen LogP contribution is 2.38. The number of phosphoric ester groups is 1. The first-order valence-electron chi connectivity index (χ1n) is 22.0. The Morgan fingerprint density at radius 1 is 0.632 bits per heavy atom. The molecule has 0 amide bonds. The number of ether oxygens (including phenoxy) is 2. The molecule has 0 aromatic rings. The second-order valence-electron chi connectivity index (χ2n) is 16.0. The number of carbonyl (C=O) groups excluding carboxylic acids is 2. The summed E-state index contributed by atoms with van der Waals surface area (Å²) in [5, 5.41) is 20.7. The predicted octanol–water partition coefficient (Wildman–Crippen LogP) is 9.61. The van der Waals surface area contributed by atoms with Crippen LogP contribution in [0.4, 0.5) is 0 Å². The Hall–Kier alpha value is -2.11. The zero-order chi connectivity index (χ0) is 42.5. The van der Waals surface area contributed by atoms with Crippen molar-refractivity contribution < 1.29 is 52.3 Å². The molecule has 57 heavy (non-hydrogen) atoms. The minimum atomic E-state index is -4.69. The van der Waals surface area contributed by atoms with Crippen molar-refractivity contribution in [3.63, 3.8) is 0 Å². The fourth-order valence-electron chi connectivity index (χ4n) is 5.74. The first kappa shape index (κ1) is 54.9. The van der Waals surface area contributed by atoms with Crippen LogP contribution in [-0.2, 0) is 32.7 Å². The van der Waals surface area contributed by atoms with E-state index in [-0.39, 0.29) is 45.3 Å². The zero-order valence-corrected chi connectivity index (χ0v) is 37.4. The number of likely N-dealkylation sites (N-methyl/N-ethyl adjacent to an activating group) is 1. The lowest BCUT2D eigenvalue weighted by molar-refractivity contribution is -0.870. The van der Waals surface area contributed by atoms with Crippen molar-refractivity contribution in [2.75, 3.05) is 47.5 Å². The molecule has 11 nitrogen and oxygen atoms in total. The molecule has 0 fully saturated rings. The fraction of sp³-hybridized carbons (Fsp3) is 0.778. The summed E-state index contributed by atoms with van der Waals surface area (Å²) in [6.07, 6.45) is 34.5. The van der Waals surface area contributed by atoms with Crippen LogP contribution in [0.5, 0.6) is 0 Å². The van der Waals surface area contributed by atoms with Crippen LogP contribution in [0.1, 0.15) is 162 Å². The molecule has 0 saturated heterocycles. The molecule has 12 heteroatoms. The van der Waals surface area contributed by atoms with Gasteiger partial charge in [-0.15, -0.1) is 0 Å². The van der Waals surface area contributed by atoms with E-state index in [0.717, 1.165) is 44.9 Å². The van der Waals surface area contributed by atoms with E-state index in [4.69, 9.17) is 18.5 Å². The van der Waals surface area contributed by atoms with E-state index >= 15 is 0 Å². The van der Waals surface area contributed by atoms with Gasteiger partial charge in [-0.1, -0.05) is 146 Å². The van der Waals surface area contributed by atoms with Crippen molar-refractivity contribution in [3.05, 3.63) is 48.6 Å². The lowest BCUT2D eigenvalue weighted by atomic mass is 10.0. The Bertz CT molecular complexity index is 1150. The van der Waals surface area contributed by atoms with Crippen LogP contribution < -0.4 is 4.89 Å². The third-order valence-corrected chi connectivity index (χ3v) is 10.3. The van der Waals surface area contributed by atoms with Crippen LogP contribution in [-0.4, -0.2) is 92.5 Å². The molecular formula is C45H82NO10P. The molecular weight excluding hydrogens is 745 g/mol. The van der Waals surface area contributed by atoms with Gasteiger partial charge >= 0.3 is 11.9 Å². The van der Waals surface area contributed by atoms with Crippen molar-refractivity contribution in [1.29, 1.82) is 0 Å². The maximum Gasteiger partial charge on any atom is 0.306 e. The molecule has 0 spiro atoms. The van der Waals surface area contributed by atoms with E-state index in [0.29, 0.717) is 17.4 Å². The Morgan fingerprint density at radius 2 is 1.12 bits per heavy atom. The quantitative estimate of drug-likeness (QED) is 0.0202. The summed E-state index contributed by atoms with van der Waals surface area (Å²) < 4.78 is 33.7. The molecule has 0 radical (unpaired) electrons. The number of carbonyl (C=O) groups is 2. The molecule has 0 rings (SSSR count). The normalized spacial score (nSPS) is 15.2. The lowest BCUT2D eigenvalue weighted by Crippen LogP contribution is -2.37.